The van der Waals surface area contributed by atoms with Crippen LogP contribution < -0.4 is 10.5 Å². The van der Waals surface area contributed by atoms with Gasteiger partial charge in [-0.3, -0.25) is 4.79 Å². The number of carbonyl (C=O) groups excluding carboxylic acids is 1. The lowest BCUT2D eigenvalue weighted by molar-refractivity contribution is -0.139. The smallest absolute Gasteiger partial charge is 0.406 e. The van der Waals surface area contributed by atoms with Crippen LogP contribution in [0.25, 0.3) is 33.5 Å². The van der Waals surface area contributed by atoms with E-state index in [-0.39, 0.29) is 24.9 Å². The number of aliphatic hydroxyl groups is 1. The summed E-state index contributed by atoms with van der Waals surface area (Å²) in [4.78, 5) is 19.4. The SMILES string of the molecule is COc1cc(C(=O)N2CC[C@@H](O)[C@@H](N)C2)cc2nc(-c3cc4ccccc4n3CC(F)(F)F)n(C)c12.Cl. The summed E-state index contributed by atoms with van der Waals surface area (Å²) in [5.74, 6) is 0.407. The molecule has 198 valence electrons. The first-order valence-electron chi connectivity index (χ1n) is 11.5. The number of amides is 1. The van der Waals surface area contributed by atoms with E-state index < -0.39 is 24.9 Å². The number of benzene rings is 2. The molecule has 2 atom stereocenters. The Hall–Kier alpha value is -3.28. The van der Waals surface area contributed by atoms with E-state index in [0.717, 1.165) is 0 Å². The first-order chi connectivity index (χ1) is 17.1. The van der Waals surface area contributed by atoms with Gasteiger partial charge in [0, 0.05) is 42.6 Å². The molecule has 1 aliphatic heterocycles. The van der Waals surface area contributed by atoms with Crippen molar-refractivity contribution in [2.24, 2.45) is 12.8 Å². The van der Waals surface area contributed by atoms with Crippen molar-refractivity contribution in [2.75, 3.05) is 20.2 Å². The largest absolute Gasteiger partial charge is 0.494 e. The van der Waals surface area contributed by atoms with Crippen molar-refractivity contribution in [3.05, 3.63) is 48.0 Å². The topological polar surface area (TPSA) is 98.5 Å². The molecule has 4 aromatic rings. The number of fused-ring (bicyclic) bond motifs is 2. The monoisotopic (exact) mass is 537 g/mol. The van der Waals surface area contributed by atoms with Crippen molar-refractivity contribution in [2.45, 2.75) is 31.3 Å². The fourth-order valence-corrected chi connectivity index (χ4v) is 4.90. The lowest BCUT2D eigenvalue weighted by Gasteiger charge is -2.34. The zero-order valence-electron chi connectivity index (χ0n) is 20.2. The summed E-state index contributed by atoms with van der Waals surface area (Å²) >= 11 is 0. The van der Waals surface area contributed by atoms with Crippen LogP contribution in [0.2, 0.25) is 0 Å². The van der Waals surface area contributed by atoms with E-state index >= 15 is 0 Å². The van der Waals surface area contributed by atoms with Crippen molar-refractivity contribution in [3.8, 4) is 17.3 Å². The molecule has 2 aromatic carbocycles. The van der Waals surface area contributed by atoms with Gasteiger partial charge in [-0.2, -0.15) is 13.2 Å². The number of para-hydroxylation sites is 1. The van der Waals surface area contributed by atoms with Crippen LogP contribution in [0.3, 0.4) is 0 Å². The number of hydrogen-bond acceptors (Lipinski definition) is 5. The van der Waals surface area contributed by atoms with Gasteiger partial charge in [0.1, 0.15) is 17.8 Å². The molecule has 1 amide bonds. The zero-order valence-corrected chi connectivity index (χ0v) is 21.0. The third-order valence-corrected chi connectivity index (χ3v) is 6.69. The number of hydrogen-bond donors (Lipinski definition) is 2. The molecule has 0 bridgehead atoms. The van der Waals surface area contributed by atoms with Crippen LogP contribution in [0.1, 0.15) is 16.8 Å². The van der Waals surface area contributed by atoms with Crippen molar-refractivity contribution < 1.29 is 27.8 Å². The summed E-state index contributed by atoms with van der Waals surface area (Å²) in [6.45, 7) is -0.592. The Morgan fingerprint density at radius 2 is 1.97 bits per heavy atom. The average Bonchev–Trinajstić information content (AvgIpc) is 3.36. The van der Waals surface area contributed by atoms with E-state index in [9.17, 15) is 23.1 Å². The fourth-order valence-electron chi connectivity index (χ4n) is 4.90. The Balaban J connectivity index is 0.00000320. The summed E-state index contributed by atoms with van der Waals surface area (Å²) in [5.41, 5.74) is 7.99. The Labute approximate surface area is 216 Å². The Kier molecular flexibility index (Phi) is 7.15. The maximum absolute atomic E-state index is 13.5. The van der Waals surface area contributed by atoms with Crippen molar-refractivity contribution in [1.29, 1.82) is 0 Å². The number of nitrogens with two attached hydrogens (primary N) is 1. The quantitative estimate of drug-likeness (QED) is 0.413. The molecule has 0 saturated carbocycles. The Bertz CT molecular complexity index is 1470. The number of imidazole rings is 1. The minimum atomic E-state index is -4.43. The van der Waals surface area contributed by atoms with Crippen LogP contribution in [0, 0.1) is 0 Å². The van der Waals surface area contributed by atoms with Crippen LogP contribution in [0.5, 0.6) is 5.75 Å². The Morgan fingerprint density at radius 3 is 2.65 bits per heavy atom. The molecule has 1 aliphatic rings. The van der Waals surface area contributed by atoms with Gasteiger partial charge in [0.2, 0.25) is 0 Å². The molecule has 8 nitrogen and oxygen atoms in total. The second-order valence-corrected chi connectivity index (χ2v) is 9.10. The number of aryl methyl sites for hydroxylation is 1. The first-order valence-corrected chi connectivity index (χ1v) is 11.5. The second kappa shape index (κ2) is 9.88. The number of nitrogens with zero attached hydrogens (tertiary/aromatic N) is 4. The van der Waals surface area contributed by atoms with E-state index in [2.05, 4.69) is 4.98 Å². The van der Waals surface area contributed by atoms with Gasteiger partial charge in [0.15, 0.2) is 5.82 Å². The van der Waals surface area contributed by atoms with Crippen LogP contribution in [0.15, 0.2) is 42.5 Å². The molecule has 3 heterocycles. The minimum absolute atomic E-state index is 0. The third kappa shape index (κ3) is 4.86. The molecule has 37 heavy (non-hydrogen) atoms. The van der Waals surface area contributed by atoms with Crippen LogP contribution >= 0.6 is 12.4 Å². The summed E-state index contributed by atoms with van der Waals surface area (Å²) in [7, 11) is 3.17. The number of alkyl halides is 3. The zero-order chi connectivity index (χ0) is 25.8. The molecule has 2 aromatic heterocycles. The van der Waals surface area contributed by atoms with Crippen LogP contribution in [-0.4, -0.2) is 68.6 Å². The van der Waals surface area contributed by atoms with Gasteiger partial charge >= 0.3 is 6.18 Å². The number of rotatable bonds is 4. The standard InChI is InChI=1S/C25H26F3N5O3.ClH/c1-31-22-17(9-15(11-21(22)36-2)24(35)32-8-7-20(34)16(29)12-32)30-23(31)19-10-14-5-3-4-6-18(14)33(19)13-25(26,27)28;/h3-6,9-11,16,20,34H,7-8,12-13,29H2,1-2H3;1H/t16-,20+;/m0./s1. The van der Waals surface area contributed by atoms with Gasteiger partial charge in [0.05, 0.1) is 24.4 Å². The molecule has 0 aliphatic carbocycles. The minimum Gasteiger partial charge on any atom is -0.494 e. The van der Waals surface area contributed by atoms with Crippen LogP contribution in [0.4, 0.5) is 13.2 Å². The van der Waals surface area contributed by atoms with Crippen LogP contribution in [-0.2, 0) is 13.6 Å². The highest BCUT2D eigenvalue weighted by Crippen LogP contribution is 2.35. The molecular formula is C25H27ClF3N5O3. The molecular weight excluding hydrogens is 511 g/mol. The van der Waals surface area contributed by atoms with Gasteiger partial charge in [-0.1, -0.05) is 18.2 Å². The van der Waals surface area contributed by atoms with Gasteiger partial charge in [-0.25, -0.2) is 4.98 Å². The molecule has 3 N–H and O–H groups in total. The third-order valence-electron chi connectivity index (χ3n) is 6.69. The lowest BCUT2D eigenvalue weighted by Crippen LogP contribution is -2.53. The van der Waals surface area contributed by atoms with E-state index in [0.29, 0.717) is 57.7 Å². The van der Waals surface area contributed by atoms with Gasteiger partial charge in [-0.05, 0) is 30.7 Å². The van der Waals surface area contributed by atoms with Crippen molar-refractivity contribution in [1.82, 2.24) is 19.0 Å². The molecule has 12 heteroatoms. The van der Waals surface area contributed by atoms with Crippen molar-refractivity contribution >= 4 is 40.3 Å². The fraction of sp³-hybridized carbons (Fsp3) is 0.360. The predicted octanol–water partition coefficient (Wildman–Crippen LogP) is 3.72. The number of carbonyl (C=O) groups is 1. The Morgan fingerprint density at radius 1 is 1.24 bits per heavy atom. The normalized spacial score (nSPS) is 18.3. The number of ether oxygens (including phenoxy) is 1. The maximum atomic E-state index is 13.5. The predicted molar refractivity (Wildman–Crippen MR) is 136 cm³/mol. The van der Waals surface area contributed by atoms with E-state index in [1.807, 2.05) is 0 Å². The summed E-state index contributed by atoms with van der Waals surface area (Å²) in [6, 6.07) is 11.2. The molecule has 1 fully saturated rings. The molecule has 0 radical (unpaired) electrons. The van der Waals surface area contributed by atoms with Gasteiger partial charge in [-0.15, -0.1) is 12.4 Å². The van der Waals surface area contributed by atoms with Crippen molar-refractivity contribution in [3.63, 3.8) is 0 Å². The number of aliphatic hydroxyl groups excluding tert-OH is 1. The molecule has 5 rings (SSSR count). The van der Waals surface area contributed by atoms with Gasteiger partial charge in [0.25, 0.3) is 5.91 Å². The van der Waals surface area contributed by atoms with E-state index in [1.165, 1.54) is 11.7 Å². The number of aromatic nitrogens is 3. The first kappa shape index (κ1) is 26.8. The molecule has 0 spiro atoms. The highest BCUT2D eigenvalue weighted by atomic mass is 35.5. The average molecular weight is 538 g/mol. The maximum Gasteiger partial charge on any atom is 0.406 e. The number of likely N-dealkylation sites (tertiary alicyclic amines) is 1. The summed E-state index contributed by atoms with van der Waals surface area (Å²) in [5, 5.41) is 10.6. The van der Waals surface area contributed by atoms with E-state index in [4.69, 9.17) is 10.5 Å². The molecule has 1 saturated heterocycles. The number of methoxy groups -OCH3 is 1. The number of piperidine rings is 1. The molecule has 0 unspecified atom stereocenters. The lowest BCUT2D eigenvalue weighted by atomic mass is 10.0. The summed E-state index contributed by atoms with van der Waals surface area (Å²) in [6.07, 6.45) is -4.71. The number of halogens is 4. The summed E-state index contributed by atoms with van der Waals surface area (Å²) < 4.78 is 48.9. The van der Waals surface area contributed by atoms with E-state index in [1.54, 1.807) is 59.0 Å². The second-order valence-electron chi connectivity index (χ2n) is 9.10. The van der Waals surface area contributed by atoms with Gasteiger partial charge < -0.3 is 29.6 Å². The highest BCUT2D eigenvalue weighted by molar-refractivity contribution is 6.00. The highest BCUT2D eigenvalue weighted by Gasteiger charge is 2.32.